The van der Waals surface area contributed by atoms with Crippen molar-refractivity contribution in [1.82, 2.24) is 5.32 Å². The normalized spacial score (nSPS) is 10.2. The molecule has 1 aromatic carbocycles. The molecular formula is C15H20BrNO2. The Labute approximate surface area is 123 Å². The minimum Gasteiger partial charge on any atom is -0.492 e. The molecule has 0 spiro atoms. The van der Waals surface area contributed by atoms with E-state index in [2.05, 4.69) is 33.2 Å². The predicted octanol–water partition coefficient (Wildman–Crippen LogP) is 2.90. The zero-order chi connectivity index (χ0) is 14.1. The van der Waals surface area contributed by atoms with Crippen LogP contribution in [0.3, 0.4) is 0 Å². The molecule has 1 N–H and O–H groups in total. The standard InChI is InChI=1S/C15H20BrNO2/c1-4-5-7-19-15-12(2)9-14(16)10-13(15)11-17-6-8-18-3/h1,9-10,17H,5-8,11H2,2-3H3. The molecule has 4 heteroatoms. The van der Waals surface area contributed by atoms with Crippen LogP contribution in [0.4, 0.5) is 0 Å². The molecule has 0 amide bonds. The topological polar surface area (TPSA) is 30.5 Å². The summed E-state index contributed by atoms with van der Waals surface area (Å²) in [5.41, 5.74) is 2.23. The van der Waals surface area contributed by atoms with Gasteiger partial charge in [-0.3, -0.25) is 0 Å². The van der Waals surface area contributed by atoms with Crippen LogP contribution in [-0.4, -0.2) is 26.9 Å². The van der Waals surface area contributed by atoms with Crippen molar-refractivity contribution in [2.75, 3.05) is 26.9 Å². The van der Waals surface area contributed by atoms with Gasteiger partial charge in [-0.25, -0.2) is 0 Å². The smallest absolute Gasteiger partial charge is 0.126 e. The minimum atomic E-state index is 0.546. The van der Waals surface area contributed by atoms with E-state index in [1.165, 1.54) is 0 Å². The van der Waals surface area contributed by atoms with Crippen LogP contribution in [0.5, 0.6) is 5.75 Å². The lowest BCUT2D eigenvalue weighted by molar-refractivity contribution is 0.199. The molecule has 104 valence electrons. The second kappa shape index (κ2) is 8.98. The summed E-state index contributed by atoms with van der Waals surface area (Å²) in [4.78, 5) is 0. The fourth-order valence-electron chi connectivity index (χ4n) is 1.75. The van der Waals surface area contributed by atoms with E-state index in [0.29, 0.717) is 19.6 Å². The fourth-order valence-corrected chi connectivity index (χ4v) is 2.37. The Bertz CT molecular complexity index is 441. The molecule has 3 nitrogen and oxygen atoms in total. The SMILES string of the molecule is C#CCCOc1c(C)cc(Br)cc1CNCCOC. The second-order valence-electron chi connectivity index (χ2n) is 4.18. The molecule has 0 saturated heterocycles. The molecule has 1 rings (SSSR count). The highest BCUT2D eigenvalue weighted by molar-refractivity contribution is 9.10. The largest absolute Gasteiger partial charge is 0.492 e. The number of benzene rings is 1. The maximum atomic E-state index is 5.79. The third-order valence-electron chi connectivity index (χ3n) is 2.61. The molecule has 0 aliphatic carbocycles. The van der Waals surface area contributed by atoms with Crippen LogP contribution in [0.1, 0.15) is 17.5 Å². The lowest BCUT2D eigenvalue weighted by Crippen LogP contribution is -2.19. The number of nitrogens with one attached hydrogen (secondary N) is 1. The number of aryl methyl sites for hydroxylation is 1. The highest BCUT2D eigenvalue weighted by atomic mass is 79.9. The van der Waals surface area contributed by atoms with Crippen LogP contribution in [-0.2, 0) is 11.3 Å². The first-order valence-corrected chi connectivity index (χ1v) is 7.03. The molecule has 0 fully saturated rings. The van der Waals surface area contributed by atoms with Crippen LogP contribution in [0.25, 0.3) is 0 Å². The molecule has 0 radical (unpaired) electrons. The monoisotopic (exact) mass is 325 g/mol. The summed E-state index contributed by atoms with van der Waals surface area (Å²) in [5.74, 6) is 3.50. The van der Waals surface area contributed by atoms with Crippen LogP contribution >= 0.6 is 15.9 Å². The third-order valence-corrected chi connectivity index (χ3v) is 3.07. The van der Waals surface area contributed by atoms with Crippen LogP contribution < -0.4 is 10.1 Å². The number of rotatable bonds is 8. The van der Waals surface area contributed by atoms with Gasteiger partial charge in [0, 0.05) is 36.7 Å². The van der Waals surface area contributed by atoms with E-state index in [1.54, 1.807) is 7.11 Å². The van der Waals surface area contributed by atoms with Crippen molar-refractivity contribution in [1.29, 1.82) is 0 Å². The van der Waals surface area contributed by atoms with Crippen molar-refractivity contribution in [2.24, 2.45) is 0 Å². The van der Waals surface area contributed by atoms with Crippen LogP contribution in [0, 0.1) is 19.3 Å². The average Bonchev–Trinajstić information content (AvgIpc) is 2.37. The summed E-state index contributed by atoms with van der Waals surface area (Å²) in [6, 6.07) is 4.11. The van der Waals surface area contributed by atoms with E-state index in [0.717, 1.165) is 34.4 Å². The average molecular weight is 326 g/mol. The van der Waals surface area contributed by atoms with E-state index in [9.17, 15) is 0 Å². The fraction of sp³-hybridized carbons (Fsp3) is 0.467. The molecule has 1 aromatic rings. The van der Waals surface area contributed by atoms with Gasteiger partial charge < -0.3 is 14.8 Å². The summed E-state index contributed by atoms with van der Waals surface area (Å²) in [6.45, 7) is 4.83. The molecule has 0 atom stereocenters. The number of hydrogen-bond donors (Lipinski definition) is 1. The first-order valence-electron chi connectivity index (χ1n) is 6.24. The van der Waals surface area contributed by atoms with Crippen molar-refractivity contribution < 1.29 is 9.47 Å². The summed E-state index contributed by atoms with van der Waals surface area (Å²) in [5, 5.41) is 3.32. The number of halogens is 1. The van der Waals surface area contributed by atoms with Gasteiger partial charge in [0.2, 0.25) is 0 Å². The number of ether oxygens (including phenoxy) is 2. The molecular weight excluding hydrogens is 306 g/mol. The first-order chi connectivity index (χ1) is 9.19. The number of terminal acetylenes is 1. The van der Waals surface area contributed by atoms with Gasteiger partial charge in [-0.2, -0.15) is 0 Å². The van der Waals surface area contributed by atoms with E-state index in [-0.39, 0.29) is 0 Å². The second-order valence-corrected chi connectivity index (χ2v) is 5.10. The molecule has 19 heavy (non-hydrogen) atoms. The first kappa shape index (κ1) is 16.0. The molecule has 0 aliphatic heterocycles. The highest BCUT2D eigenvalue weighted by Gasteiger charge is 2.08. The molecule has 0 saturated carbocycles. The Morgan fingerprint density at radius 2 is 2.16 bits per heavy atom. The lowest BCUT2D eigenvalue weighted by Gasteiger charge is -2.15. The molecule has 0 heterocycles. The van der Waals surface area contributed by atoms with Crippen molar-refractivity contribution in [3.8, 4) is 18.1 Å². The van der Waals surface area contributed by atoms with E-state index in [1.807, 2.05) is 13.0 Å². The van der Waals surface area contributed by atoms with Gasteiger partial charge in [-0.15, -0.1) is 12.3 Å². The minimum absolute atomic E-state index is 0.546. The molecule has 0 aromatic heterocycles. The summed E-state index contributed by atoms with van der Waals surface area (Å²) >= 11 is 3.51. The van der Waals surface area contributed by atoms with Crippen molar-refractivity contribution in [3.05, 3.63) is 27.7 Å². The maximum Gasteiger partial charge on any atom is 0.126 e. The number of hydrogen-bond acceptors (Lipinski definition) is 3. The van der Waals surface area contributed by atoms with Crippen molar-refractivity contribution >= 4 is 15.9 Å². The van der Waals surface area contributed by atoms with E-state index >= 15 is 0 Å². The van der Waals surface area contributed by atoms with Gasteiger partial charge in [0.25, 0.3) is 0 Å². The van der Waals surface area contributed by atoms with E-state index < -0.39 is 0 Å². The number of methoxy groups -OCH3 is 1. The van der Waals surface area contributed by atoms with Crippen LogP contribution in [0.15, 0.2) is 16.6 Å². The zero-order valence-electron chi connectivity index (χ0n) is 11.5. The summed E-state index contributed by atoms with van der Waals surface area (Å²) in [6.07, 6.45) is 5.86. The Kier molecular flexibility index (Phi) is 7.57. The molecule has 0 unspecified atom stereocenters. The molecule has 0 bridgehead atoms. The third kappa shape index (κ3) is 5.65. The van der Waals surface area contributed by atoms with Gasteiger partial charge in [0.05, 0.1) is 13.2 Å². The van der Waals surface area contributed by atoms with Gasteiger partial charge in [0.15, 0.2) is 0 Å². The Morgan fingerprint density at radius 1 is 1.37 bits per heavy atom. The Hall–Kier alpha value is -1.02. The van der Waals surface area contributed by atoms with Crippen molar-refractivity contribution in [2.45, 2.75) is 19.9 Å². The highest BCUT2D eigenvalue weighted by Crippen LogP contribution is 2.28. The lowest BCUT2D eigenvalue weighted by atomic mass is 10.1. The van der Waals surface area contributed by atoms with Gasteiger partial charge >= 0.3 is 0 Å². The quantitative estimate of drug-likeness (QED) is 0.589. The predicted molar refractivity (Wildman–Crippen MR) is 81.4 cm³/mol. The van der Waals surface area contributed by atoms with E-state index in [4.69, 9.17) is 15.9 Å². The van der Waals surface area contributed by atoms with Gasteiger partial charge in [0.1, 0.15) is 5.75 Å². The van der Waals surface area contributed by atoms with Gasteiger partial charge in [-0.1, -0.05) is 15.9 Å². The molecule has 0 aliphatic rings. The summed E-state index contributed by atoms with van der Waals surface area (Å²) < 4.78 is 11.9. The summed E-state index contributed by atoms with van der Waals surface area (Å²) in [7, 11) is 1.69. The zero-order valence-corrected chi connectivity index (χ0v) is 13.0. The Morgan fingerprint density at radius 3 is 2.84 bits per heavy atom. The van der Waals surface area contributed by atoms with Crippen molar-refractivity contribution in [3.63, 3.8) is 0 Å². The Balaban J connectivity index is 2.72. The van der Waals surface area contributed by atoms with Crippen LogP contribution in [0.2, 0.25) is 0 Å². The van der Waals surface area contributed by atoms with Gasteiger partial charge in [-0.05, 0) is 24.6 Å². The maximum absolute atomic E-state index is 5.79.